The molecule has 4 aromatic rings. The molecule has 0 radical (unpaired) electrons. The summed E-state index contributed by atoms with van der Waals surface area (Å²) >= 11 is 5.84. The monoisotopic (exact) mass is 423 g/mol. The van der Waals surface area contributed by atoms with Gasteiger partial charge >= 0.3 is 0 Å². The molecule has 1 amide bonds. The van der Waals surface area contributed by atoms with Crippen LogP contribution in [-0.4, -0.2) is 25.6 Å². The molecule has 30 heavy (non-hydrogen) atoms. The Balaban J connectivity index is 1.41. The summed E-state index contributed by atoms with van der Waals surface area (Å²) in [5, 5.41) is 7.79. The van der Waals surface area contributed by atoms with Gasteiger partial charge in [0.2, 0.25) is 11.8 Å². The van der Waals surface area contributed by atoms with Crippen molar-refractivity contribution in [3.63, 3.8) is 0 Å². The van der Waals surface area contributed by atoms with Crippen LogP contribution in [-0.2, 0) is 24.3 Å². The van der Waals surface area contributed by atoms with Crippen molar-refractivity contribution in [3.8, 4) is 0 Å². The minimum absolute atomic E-state index is 0.100. The van der Waals surface area contributed by atoms with Crippen LogP contribution < -0.4 is 10.9 Å². The molecule has 2 aromatic carbocycles. The highest BCUT2D eigenvalue weighted by molar-refractivity contribution is 6.30. The molecule has 1 N–H and O–H groups in total. The summed E-state index contributed by atoms with van der Waals surface area (Å²) in [7, 11) is 0. The van der Waals surface area contributed by atoms with Crippen molar-refractivity contribution < 1.29 is 9.32 Å². The van der Waals surface area contributed by atoms with E-state index in [-0.39, 0.29) is 36.9 Å². The van der Waals surface area contributed by atoms with Crippen molar-refractivity contribution in [1.82, 2.24) is 25.0 Å². The van der Waals surface area contributed by atoms with E-state index in [1.54, 1.807) is 49.4 Å². The SMILES string of the molecule is Cc1nc2ccccc2c(=O)n1Cc1noc(CNC(=O)Cc2ccc(Cl)cc2)n1. The fourth-order valence-corrected chi connectivity index (χ4v) is 3.18. The lowest BCUT2D eigenvalue weighted by atomic mass is 10.1. The highest BCUT2D eigenvalue weighted by Crippen LogP contribution is 2.10. The minimum Gasteiger partial charge on any atom is -0.347 e. The molecular formula is C21H18ClN5O3. The standard InChI is InChI=1S/C21H18ClN5O3/c1-13-24-17-5-3-2-4-16(17)21(29)27(13)12-18-25-20(30-26-18)11-23-19(28)10-14-6-8-15(22)9-7-14/h2-9H,10-12H2,1H3,(H,23,28). The molecule has 2 aromatic heterocycles. The number of hydrogen-bond acceptors (Lipinski definition) is 6. The molecule has 0 aliphatic rings. The first kappa shape index (κ1) is 19.8. The van der Waals surface area contributed by atoms with Gasteiger partial charge in [0.15, 0.2) is 5.82 Å². The van der Waals surface area contributed by atoms with E-state index in [0.717, 1.165) is 5.56 Å². The van der Waals surface area contributed by atoms with Gasteiger partial charge in [0.05, 0.1) is 30.4 Å². The number of fused-ring (bicyclic) bond motifs is 1. The second kappa shape index (κ2) is 8.46. The number of rotatable bonds is 6. The lowest BCUT2D eigenvalue weighted by molar-refractivity contribution is -0.120. The van der Waals surface area contributed by atoms with Crippen LogP contribution in [0.25, 0.3) is 10.9 Å². The largest absolute Gasteiger partial charge is 0.347 e. The number of aromatic nitrogens is 4. The maximum Gasteiger partial charge on any atom is 0.261 e. The van der Waals surface area contributed by atoms with Crippen LogP contribution in [0.15, 0.2) is 57.8 Å². The second-order valence-electron chi connectivity index (χ2n) is 6.75. The van der Waals surface area contributed by atoms with Gasteiger partial charge in [-0.2, -0.15) is 4.98 Å². The summed E-state index contributed by atoms with van der Waals surface area (Å²) in [5.74, 6) is 0.970. The van der Waals surface area contributed by atoms with E-state index in [1.807, 2.05) is 6.07 Å². The van der Waals surface area contributed by atoms with Crippen molar-refractivity contribution in [2.45, 2.75) is 26.4 Å². The highest BCUT2D eigenvalue weighted by atomic mass is 35.5. The lowest BCUT2D eigenvalue weighted by Gasteiger charge is -2.08. The molecule has 0 spiro atoms. The number of aryl methyl sites for hydroxylation is 1. The predicted octanol–water partition coefficient (Wildman–Crippen LogP) is 2.65. The molecule has 0 bridgehead atoms. The number of carbonyl (C=O) groups is 1. The fourth-order valence-electron chi connectivity index (χ4n) is 3.06. The van der Waals surface area contributed by atoms with Crippen molar-refractivity contribution >= 4 is 28.4 Å². The van der Waals surface area contributed by atoms with E-state index < -0.39 is 0 Å². The van der Waals surface area contributed by atoms with Gasteiger partial charge < -0.3 is 9.84 Å². The number of nitrogens with one attached hydrogen (secondary N) is 1. The van der Waals surface area contributed by atoms with E-state index in [4.69, 9.17) is 16.1 Å². The molecule has 4 rings (SSSR count). The average molecular weight is 424 g/mol. The van der Waals surface area contributed by atoms with Gasteiger partial charge in [-0.05, 0) is 36.8 Å². The Morgan fingerprint density at radius 3 is 2.70 bits per heavy atom. The number of para-hydroxylation sites is 1. The van der Waals surface area contributed by atoms with Crippen molar-refractivity contribution in [2.75, 3.05) is 0 Å². The first-order chi connectivity index (χ1) is 14.5. The fraction of sp³-hybridized carbons (Fsp3) is 0.190. The molecule has 0 aliphatic carbocycles. The molecule has 2 heterocycles. The Morgan fingerprint density at radius 1 is 1.13 bits per heavy atom. The van der Waals surface area contributed by atoms with Crippen LogP contribution in [0.5, 0.6) is 0 Å². The lowest BCUT2D eigenvalue weighted by Crippen LogP contribution is -2.25. The molecule has 0 fully saturated rings. The smallest absolute Gasteiger partial charge is 0.261 e. The van der Waals surface area contributed by atoms with Crippen LogP contribution in [0.1, 0.15) is 23.1 Å². The topological polar surface area (TPSA) is 103 Å². The summed E-state index contributed by atoms with van der Waals surface area (Å²) in [4.78, 5) is 33.6. The Bertz CT molecular complexity index is 1260. The summed E-state index contributed by atoms with van der Waals surface area (Å²) in [5.41, 5.74) is 1.33. The van der Waals surface area contributed by atoms with E-state index in [0.29, 0.717) is 27.6 Å². The van der Waals surface area contributed by atoms with E-state index >= 15 is 0 Å². The van der Waals surface area contributed by atoms with Gasteiger partial charge in [-0.25, -0.2) is 4.98 Å². The Morgan fingerprint density at radius 2 is 1.90 bits per heavy atom. The van der Waals surface area contributed by atoms with Gasteiger partial charge in [0.1, 0.15) is 5.82 Å². The number of hydrogen-bond donors (Lipinski definition) is 1. The summed E-state index contributed by atoms with van der Waals surface area (Å²) in [6.45, 7) is 1.99. The van der Waals surface area contributed by atoms with Crippen LogP contribution in [0.3, 0.4) is 0 Å². The maximum atomic E-state index is 12.7. The molecule has 152 valence electrons. The van der Waals surface area contributed by atoms with E-state index in [9.17, 15) is 9.59 Å². The van der Waals surface area contributed by atoms with Gasteiger partial charge in [-0.15, -0.1) is 0 Å². The zero-order valence-corrected chi connectivity index (χ0v) is 16.9. The molecule has 0 atom stereocenters. The first-order valence-electron chi connectivity index (χ1n) is 9.28. The molecule has 9 heteroatoms. The second-order valence-corrected chi connectivity index (χ2v) is 7.19. The molecule has 0 unspecified atom stereocenters. The predicted molar refractivity (Wildman–Crippen MR) is 111 cm³/mol. The van der Waals surface area contributed by atoms with Crippen molar-refractivity contribution in [3.05, 3.63) is 87.0 Å². The Hall–Kier alpha value is -3.52. The zero-order chi connectivity index (χ0) is 21.1. The molecule has 0 saturated heterocycles. The molecule has 0 aliphatic heterocycles. The van der Waals surface area contributed by atoms with Crippen molar-refractivity contribution in [2.24, 2.45) is 0 Å². The number of carbonyl (C=O) groups excluding carboxylic acids is 1. The first-order valence-corrected chi connectivity index (χ1v) is 9.66. The van der Waals surface area contributed by atoms with Gasteiger partial charge in [0.25, 0.3) is 5.56 Å². The minimum atomic E-state index is -0.178. The van der Waals surface area contributed by atoms with Crippen LogP contribution in [0.2, 0.25) is 5.02 Å². The summed E-state index contributed by atoms with van der Waals surface area (Å²) < 4.78 is 6.69. The van der Waals surface area contributed by atoms with E-state index in [2.05, 4.69) is 20.4 Å². The van der Waals surface area contributed by atoms with Crippen LogP contribution in [0.4, 0.5) is 0 Å². The van der Waals surface area contributed by atoms with Gasteiger partial charge in [-0.1, -0.05) is 41.0 Å². The third-order valence-electron chi connectivity index (χ3n) is 4.58. The number of amides is 1. The normalized spacial score (nSPS) is 11.0. The summed E-state index contributed by atoms with van der Waals surface area (Å²) in [6.07, 6.45) is 0.218. The number of benzene rings is 2. The average Bonchev–Trinajstić information content (AvgIpc) is 3.19. The third-order valence-corrected chi connectivity index (χ3v) is 4.83. The molecule has 0 saturated carbocycles. The molecular weight excluding hydrogens is 406 g/mol. The number of nitrogens with zero attached hydrogens (tertiary/aromatic N) is 4. The van der Waals surface area contributed by atoms with Crippen LogP contribution in [0, 0.1) is 6.92 Å². The van der Waals surface area contributed by atoms with Crippen LogP contribution >= 0.6 is 11.6 Å². The van der Waals surface area contributed by atoms with Gasteiger partial charge in [0, 0.05) is 5.02 Å². The quantitative estimate of drug-likeness (QED) is 0.511. The van der Waals surface area contributed by atoms with E-state index in [1.165, 1.54) is 4.57 Å². The third kappa shape index (κ3) is 4.38. The summed E-state index contributed by atoms with van der Waals surface area (Å²) in [6, 6.07) is 14.2. The Labute approximate surface area is 176 Å². The zero-order valence-electron chi connectivity index (χ0n) is 16.1. The highest BCUT2D eigenvalue weighted by Gasteiger charge is 2.13. The maximum absolute atomic E-state index is 12.7. The van der Waals surface area contributed by atoms with Crippen molar-refractivity contribution in [1.29, 1.82) is 0 Å². The molecule has 8 nitrogen and oxygen atoms in total. The Kier molecular flexibility index (Phi) is 5.58. The number of halogens is 1. The van der Waals surface area contributed by atoms with Gasteiger partial charge in [-0.3, -0.25) is 14.2 Å².